The fraction of sp³-hybridized carbons (Fsp3) is 0.316. The van der Waals surface area contributed by atoms with Gasteiger partial charge in [-0.25, -0.2) is 0 Å². The maximum Gasteiger partial charge on any atom is 0.221 e. The van der Waals surface area contributed by atoms with Gasteiger partial charge in [-0.3, -0.25) is 4.79 Å². The molecule has 0 bridgehead atoms. The summed E-state index contributed by atoms with van der Waals surface area (Å²) in [6.07, 6.45) is -0.527. The average Bonchev–Trinajstić information content (AvgIpc) is 2.59. The quantitative estimate of drug-likeness (QED) is 0.787. The molecule has 138 valence electrons. The number of amides is 1. The highest BCUT2D eigenvalue weighted by Gasteiger charge is 2.30. The van der Waals surface area contributed by atoms with Gasteiger partial charge in [0, 0.05) is 36.6 Å². The van der Waals surface area contributed by atoms with Crippen LogP contribution in [0, 0.1) is 0 Å². The second kappa shape index (κ2) is 7.55. The predicted molar refractivity (Wildman–Crippen MR) is 101 cm³/mol. The zero-order chi connectivity index (χ0) is 18.8. The van der Waals surface area contributed by atoms with E-state index >= 15 is 0 Å². The molecule has 2 aromatic carbocycles. The monoisotopic (exact) mass is 421 g/mol. The van der Waals surface area contributed by atoms with E-state index in [1.807, 2.05) is 24.3 Å². The number of aliphatic hydroxyl groups excluding tert-OH is 1. The fourth-order valence-electron chi connectivity index (χ4n) is 3.18. The summed E-state index contributed by atoms with van der Waals surface area (Å²) in [7, 11) is 3.17. The number of ether oxygens (including phenoxy) is 3. The Balaban J connectivity index is 2.05. The van der Waals surface area contributed by atoms with Crippen LogP contribution in [0.4, 0.5) is 5.69 Å². The smallest absolute Gasteiger partial charge is 0.221 e. The van der Waals surface area contributed by atoms with E-state index in [-0.39, 0.29) is 11.8 Å². The lowest BCUT2D eigenvalue weighted by Crippen LogP contribution is -2.26. The van der Waals surface area contributed by atoms with E-state index in [1.165, 1.54) is 6.92 Å². The number of fused-ring (bicyclic) bond motifs is 1. The molecule has 1 heterocycles. The zero-order valence-electron chi connectivity index (χ0n) is 14.7. The number of nitrogens with one attached hydrogen (secondary N) is 1. The van der Waals surface area contributed by atoms with E-state index in [9.17, 15) is 9.90 Å². The maximum absolute atomic E-state index is 11.3. The van der Waals surface area contributed by atoms with E-state index in [4.69, 9.17) is 14.2 Å². The van der Waals surface area contributed by atoms with Crippen molar-refractivity contribution < 1.29 is 24.1 Å². The molecule has 1 aliphatic rings. The number of anilines is 1. The van der Waals surface area contributed by atoms with Gasteiger partial charge in [-0.2, -0.15) is 0 Å². The van der Waals surface area contributed by atoms with Gasteiger partial charge in [-0.05, 0) is 39.7 Å². The van der Waals surface area contributed by atoms with Gasteiger partial charge in [0.15, 0.2) is 17.8 Å². The first kappa shape index (κ1) is 18.5. The minimum atomic E-state index is -0.938. The molecule has 0 aliphatic carbocycles. The van der Waals surface area contributed by atoms with E-state index in [0.717, 1.165) is 15.6 Å². The van der Waals surface area contributed by atoms with Gasteiger partial charge in [0.1, 0.15) is 5.75 Å². The van der Waals surface area contributed by atoms with Gasteiger partial charge in [0.2, 0.25) is 5.91 Å². The molecule has 0 saturated heterocycles. The van der Waals surface area contributed by atoms with Crippen molar-refractivity contribution in [2.75, 3.05) is 19.5 Å². The number of aliphatic hydroxyl groups is 1. The maximum atomic E-state index is 11.3. The minimum Gasteiger partial charge on any atom is -0.493 e. The summed E-state index contributed by atoms with van der Waals surface area (Å²) in [5.41, 5.74) is 2.52. The van der Waals surface area contributed by atoms with Crippen molar-refractivity contribution in [3.8, 4) is 17.2 Å². The molecule has 2 atom stereocenters. The van der Waals surface area contributed by atoms with Crippen molar-refractivity contribution >= 4 is 27.5 Å². The van der Waals surface area contributed by atoms with E-state index < -0.39 is 6.29 Å². The van der Waals surface area contributed by atoms with Crippen LogP contribution in [0.5, 0.6) is 17.2 Å². The number of halogens is 1. The minimum absolute atomic E-state index is 0.0868. The topological polar surface area (TPSA) is 77.0 Å². The summed E-state index contributed by atoms with van der Waals surface area (Å²) in [4.78, 5) is 11.3. The normalized spacial score (nSPS) is 18.5. The average molecular weight is 422 g/mol. The number of hydrogen-bond acceptors (Lipinski definition) is 5. The van der Waals surface area contributed by atoms with Crippen molar-refractivity contribution in [1.29, 1.82) is 0 Å². The van der Waals surface area contributed by atoms with Crippen LogP contribution in [-0.2, 0) is 4.79 Å². The SMILES string of the molecule is COc1cc(C2CC(O)Oc3cc(NC(C)=O)ccc32)cc(Br)c1OC. The molecule has 0 spiro atoms. The molecule has 0 aromatic heterocycles. The molecular formula is C19H20BrNO5. The molecule has 1 aliphatic heterocycles. The van der Waals surface area contributed by atoms with E-state index in [2.05, 4.69) is 21.2 Å². The van der Waals surface area contributed by atoms with Crippen LogP contribution in [0.2, 0.25) is 0 Å². The Kier molecular flexibility index (Phi) is 5.38. The molecule has 2 N–H and O–H groups in total. The first-order chi connectivity index (χ1) is 12.4. The van der Waals surface area contributed by atoms with E-state index in [0.29, 0.717) is 29.4 Å². The van der Waals surface area contributed by atoms with Gasteiger partial charge in [0.05, 0.1) is 18.7 Å². The first-order valence-corrected chi connectivity index (χ1v) is 8.90. The number of benzene rings is 2. The van der Waals surface area contributed by atoms with Gasteiger partial charge in [0.25, 0.3) is 0 Å². The molecule has 7 heteroatoms. The Morgan fingerprint density at radius 1 is 1.27 bits per heavy atom. The van der Waals surface area contributed by atoms with Gasteiger partial charge >= 0.3 is 0 Å². The Morgan fingerprint density at radius 3 is 2.69 bits per heavy atom. The van der Waals surface area contributed by atoms with Crippen LogP contribution < -0.4 is 19.5 Å². The summed E-state index contributed by atoms with van der Waals surface area (Å²) in [5.74, 6) is 1.52. The Labute approximate surface area is 160 Å². The van der Waals surface area contributed by atoms with Crippen molar-refractivity contribution in [1.82, 2.24) is 0 Å². The summed E-state index contributed by atoms with van der Waals surface area (Å²) < 4.78 is 17.1. The third kappa shape index (κ3) is 3.64. The van der Waals surface area contributed by atoms with Crippen LogP contribution >= 0.6 is 15.9 Å². The third-order valence-corrected chi connectivity index (χ3v) is 4.86. The molecule has 2 aromatic rings. The van der Waals surface area contributed by atoms with Crippen LogP contribution in [0.1, 0.15) is 30.4 Å². The highest BCUT2D eigenvalue weighted by Crippen LogP contribution is 2.45. The number of hydrogen-bond donors (Lipinski definition) is 2. The number of rotatable bonds is 4. The van der Waals surface area contributed by atoms with Crippen molar-refractivity contribution in [2.45, 2.75) is 25.6 Å². The predicted octanol–water partition coefficient (Wildman–Crippen LogP) is 3.66. The largest absolute Gasteiger partial charge is 0.493 e. The Morgan fingerprint density at radius 2 is 2.04 bits per heavy atom. The molecule has 1 amide bonds. The molecule has 3 rings (SSSR count). The number of methoxy groups -OCH3 is 2. The lowest BCUT2D eigenvalue weighted by Gasteiger charge is -2.30. The molecule has 6 nitrogen and oxygen atoms in total. The third-order valence-electron chi connectivity index (χ3n) is 4.27. The van der Waals surface area contributed by atoms with Crippen LogP contribution in [0.25, 0.3) is 0 Å². The molecule has 0 radical (unpaired) electrons. The standard InChI is InChI=1S/C19H20BrNO5/c1-10(22)21-12-4-5-13-14(9-18(23)26-16(13)8-12)11-6-15(20)19(25-3)17(7-11)24-2/h4-8,14,18,23H,9H2,1-3H3,(H,21,22). The summed E-state index contributed by atoms with van der Waals surface area (Å²) >= 11 is 3.51. The van der Waals surface area contributed by atoms with E-state index in [1.54, 1.807) is 20.3 Å². The Hall–Kier alpha value is -2.25. The summed E-state index contributed by atoms with van der Waals surface area (Å²) in [6, 6.07) is 9.31. The van der Waals surface area contributed by atoms with Gasteiger partial charge < -0.3 is 24.6 Å². The van der Waals surface area contributed by atoms with Crippen molar-refractivity contribution in [2.24, 2.45) is 0 Å². The van der Waals surface area contributed by atoms with Gasteiger partial charge in [-0.1, -0.05) is 6.07 Å². The van der Waals surface area contributed by atoms with Crippen LogP contribution in [0.15, 0.2) is 34.8 Å². The summed E-state index contributed by atoms with van der Waals surface area (Å²) in [5, 5.41) is 12.9. The molecule has 0 fully saturated rings. The second-order valence-corrected chi connectivity index (χ2v) is 6.89. The lowest BCUT2D eigenvalue weighted by atomic mass is 9.86. The van der Waals surface area contributed by atoms with Crippen molar-refractivity contribution in [3.05, 3.63) is 45.9 Å². The zero-order valence-corrected chi connectivity index (χ0v) is 16.3. The van der Waals surface area contributed by atoms with Gasteiger partial charge in [-0.15, -0.1) is 0 Å². The van der Waals surface area contributed by atoms with Crippen LogP contribution in [-0.4, -0.2) is 31.5 Å². The summed E-state index contributed by atoms with van der Waals surface area (Å²) in [6.45, 7) is 1.44. The molecule has 26 heavy (non-hydrogen) atoms. The second-order valence-electron chi connectivity index (χ2n) is 6.03. The van der Waals surface area contributed by atoms with Crippen LogP contribution in [0.3, 0.4) is 0 Å². The van der Waals surface area contributed by atoms with Crippen molar-refractivity contribution in [3.63, 3.8) is 0 Å². The first-order valence-electron chi connectivity index (χ1n) is 8.10. The fourth-order valence-corrected chi connectivity index (χ4v) is 3.80. The number of carbonyl (C=O) groups excluding carboxylic acids is 1. The molecule has 0 saturated carbocycles. The highest BCUT2D eigenvalue weighted by atomic mass is 79.9. The lowest BCUT2D eigenvalue weighted by molar-refractivity contribution is -0.114. The highest BCUT2D eigenvalue weighted by molar-refractivity contribution is 9.10. The number of carbonyl (C=O) groups is 1. The molecular weight excluding hydrogens is 402 g/mol. The molecule has 2 unspecified atom stereocenters. The Bertz CT molecular complexity index is 839.